The third-order valence-electron chi connectivity index (χ3n) is 5.18. The van der Waals surface area contributed by atoms with Gasteiger partial charge in [0, 0.05) is 11.1 Å². The summed E-state index contributed by atoms with van der Waals surface area (Å²) in [6, 6.07) is 25.9. The fourth-order valence-electron chi connectivity index (χ4n) is 3.59. The summed E-state index contributed by atoms with van der Waals surface area (Å²) in [4.78, 5) is 20.1. The highest BCUT2D eigenvalue weighted by Gasteiger charge is 2.23. The molecule has 2 atom stereocenters. The standard InChI is InChI=1S/C24H23N3O2/c1-16(23-26-21-11-7-6-10-20(21)24(28)27-23)25-22(17-8-4-3-5-9-17)18-12-14-19(29-2)15-13-18/h3-16,22,25H,1-2H3,(H,26,27,28)/p+1/t16-,22-/m0/s1. The van der Waals surface area contributed by atoms with Crippen molar-refractivity contribution in [1.29, 1.82) is 0 Å². The van der Waals surface area contributed by atoms with E-state index in [1.54, 1.807) is 13.2 Å². The Hall–Kier alpha value is -3.44. The van der Waals surface area contributed by atoms with Crippen LogP contribution < -0.4 is 15.6 Å². The van der Waals surface area contributed by atoms with Crippen molar-refractivity contribution >= 4 is 10.9 Å². The molecule has 1 heterocycles. The number of hydrogen-bond acceptors (Lipinski definition) is 3. The number of nitrogens with two attached hydrogens (primary N) is 1. The van der Waals surface area contributed by atoms with Gasteiger partial charge in [0.05, 0.1) is 18.0 Å². The first kappa shape index (κ1) is 18.9. The minimum atomic E-state index is -0.105. The van der Waals surface area contributed by atoms with Crippen molar-refractivity contribution in [2.45, 2.75) is 19.0 Å². The first-order valence-electron chi connectivity index (χ1n) is 9.68. The Bertz CT molecular complexity index is 1150. The molecule has 5 nitrogen and oxygen atoms in total. The molecule has 0 saturated carbocycles. The Kier molecular flexibility index (Phi) is 5.40. The van der Waals surface area contributed by atoms with Crippen LogP contribution in [0.15, 0.2) is 83.7 Å². The van der Waals surface area contributed by atoms with E-state index in [0.29, 0.717) is 16.7 Å². The third-order valence-corrected chi connectivity index (χ3v) is 5.18. The van der Waals surface area contributed by atoms with Gasteiger partial charge in [-0.3, -0.25) is 4.79 Å². The molecule has 0 bridgehead atoms. The van der Waals surface area contributed by atoms with Gasteiger partial charge < -0.3 is 15.0 Å². The van der Waals surface area contributed by atoms with Crippen LogP contribution in [-0.4, -0.2) is 17.1 Å². The number of aromatic amines is 1. The Morgan fingerprint density at radius 1 is 0.897 bits per heavy atom. The van der Waals surface area contributed by atoms with Gasteiger partial charge in [0.25, 0.3) is 5.56 Å². The minimum absolute atomic E-state index is 0.0420. The average Bonchev–Trinajstić information content (AvgIpc) is 2.78. The number of aromatic nitrogens is 2. The molecule has 0 saturated heterocycles. The van der Waals surface area contributed by atoms with Crippen molar-refractivity contribution < 1.29 is 10.1 Å². The second-order valence-corrected chi connectivity index (χ2v) is 7.11. The van der Waals surface area contributed by atoms with Crippen molar-refractivity contribution in [1.82, 2.24) is 9.97 Å². The molecule has 4 rings (SSSR count). The van der Waals surface area contributed by atoms with Crippen molar-refractivity contribution in [2.75, 3.05) is 7.11 Å². The zero-order valence-electron chi connectivity index (χ0n) is 16.5. The summed E-state index contributed by atoms with van der Waals surface area (Å²) in [5.74, 6) is 1.50. The molecule has 0 radical (unpaired) electrons. The lowest BCUT2D eigenvalue weighted by atomic mass is 9.97. The predicted octanol–water partition coefficient (Wildman–Crippen LogP) is 3.35. The van der Waals surface area contributed by atoms with E-state index in [-0.39, 0.29) is 17.6 Å². The van der Waals surface area contributed by atoms with Crippen molar-refractivity contribution in [2.24, 2.45) is 0 Å². The molecule has 0 amide bonds. The number of rotatable bonds is 6. The third kappa shape index (κ3) is 4.05. The highest BCUT2D eigenvalue weighted by atomic mass is 16.5. The molecular formula is C24H24N3O2+. The number of para-hydroxylation sites is 1. The second kappa shape index (κ2) is 8.29. The molecule has 0 aliphatic heterocycles. The molecule has 3 N–H and O–H groups in total. The lowest BCUT2D eigenvalue weighted by Gasteiger charge is -2.21. The van der Waals surface area contributed by atoms with Crippen molar-refractivity contribution in [3.05, 3.63) is 106 Å². The zero-order valence-corrected chi connectivity index (χ0v) is 16.5. The highest BCUT2D eigenvalue weighted by molar-refractivity contribution is 5.77. The van der Waals surface area contributed by atoms with Gasteiger partial charge in [-0.1, -0.05) is 42.5 Å². The molecule has 146 valence electrons. The molecule has 29 heavy (non-hydrogen) atoms. The summed E-state index contributed by atoms with van der Waals surface area (Å²) in [5, 5.41) is 2.84. The summed E-state index contributed by atoms with van der Waals surface area (Å²) in [6.45, 7) is 2.06. The highest BCUT2D eigenvalue weighted by Crippen LogP contribution is 2.22. The second-order valence-electron chi connectivity index (χ2n) is 7.11. The van der Waals surface area contributed by atoms with E-state index in [1.165, 1.54) is 5.56 Å². The van der Waals surface area contributed by atoms with Gasteiger partial charge in [-0.2, -0.15) is 0 Å². The molecule has 0 fully saturated rings. The summed E-state index contributed by atoms with van der Waals surface area (Å²) in [5.41, 5.74) is 2.96. The Labute approximate surface area is 169 Å². The fraction of sp³-hybridized carbons (Fsp3) is 0.167. The molecule has 0 aliphatic carbocycles. The first-order valence-corrected chi connectivity index (χ1v) is 9.68. The molecule has 4 aromatic rings. The van der Waals surface area contributed by atoms with Crippen LogP contribution in [0.5, 0.6) is 5.75 Å². The van der Waals surface area contributed by atoms with E-state index >= 15 is 0 Å². The van der Waals surface area contributed by atoms with Crippen LogP contribution >= 0.6 is 0 Å². The van der Waals surface area contributed by atoms with Crippen LogP contribution in [0.4, 0.5) is 0 Å². The van der Waals surface area contributed by atoms with E-state index in [1.807, 2.05) is 48.5 Å². The monoisotopic (exact) mass is 386 g/mol. The van der Waals surface area contributed by atoms with Crippen LogP contribution in [0.25, 0.3) is 10.9 Å². The van der Waals surface area contributed by atoms with Crippen molar-refractivity contribution in [3.63, 3.8) is 0 Å². The SMILES string of the molecule is COc1ccc([C@@H]([NH2+][C@@H](C)c2nc3ccccc3c(=O)[nH]2)c2ccccc2)cc1. The maximum Gasteiger partial charge on any atom is 0.258 e. The number of benzene rings is 3. The molecule has 0 aliphatic rings. The molecule has 0 spiro atoms. The Morgan fingerprint density at radius 3 is 2.28 bits per heavy atom. The minimum Gasteiger partial charge on any atom is -0.497 e. The van der Waals surface area contributed by atoms with Gasteiger partial charge >= 0.3 is 0 Å². The fourth-order valence-corrected chi connectivity index (χ4v) is 3.59. The van der Waals surface area contributed by atoms with Crippen LogP contribution in [-0.2, 0) is 0 Å². The normalized spacial score (nSPS) is 13.2. The number of H-pyrrole nitrogens is 1. The van der Waals surface area contributed by atoms with E-state index in [2.05, 4.69) is 41.5 Å². The summed E-state index contributed by atoms with van der Waals surface area (Å²) < 4.78 is 5.30. The smallest absolute Gasteiger partial charge is 0.258 e. The Balaban J connectivity index is 1.69. The van der Waals surface area contributed by atoms with Gasteiger partial charge in [-0.05, 0) is 43.3 Å². The van der Waals surface area contributed by atoms with Crippen LogP contribution in [0.3, 0.4) is 0 Å². The number of nitrogens with one attached hydrogen (secondary N) is 1. The largest absolute Gasteiger partial charge is 0.497 e. The van der Waals surface area contributed by atoms with Crippen LogP contribution in [0, 0.1) is 0 Å². The maximum absolute atomic E-state index is 12.5. The lowest BCUT2D eigenvalue weighted by molar-refractivity contribution is -0.724. The van der Waals surface area contributed by atoms with Gasteiger partial charge in [0.15, 0.2) is 5.82 Å². The number of fused-ring (bicyclic) bond motifs is 1. The number of nitrogens with zero attached hydrogens (tertiary/aromatic N) is 1. The maximum atomic E-state index is 12.5. The zero-order chi connectivity index (χ0) is 20.2. The molecule has 5 heteroatoms. The molecule has 1 aromatic heterocycles. The topological polar surface area (TPSA) is 71.6 Å². The van der Waals surface area contributed by atoms with Gasteiger partial charge in [0.1, 0.15) is 17.8 Å². The van der Waals surface area contributed by atoms with Gasteiger partial charge in [0.2, 0.25) is 0 Å². The molecule has 0 unspecified atom stereocenters. The number of quaternary nitrogens is 1. The average molecular weight is 386 g/mol. The predicted molar refractivity (Wildman–Crippen MR) is 114 cm³/mol. The van der Waals surface area contributed by atoms with Crippen molar-refractivity contribution in [3.8, 4) is 5.75 Å². The summed E-state index contributed by atoms with van der Waals surface area (Å²) in [7, 11) is 1.67. The number of ether oxygens (including phenoxy) is 1. The number of methoxy groups -OCH3 is 1. The van der Waals surface area contributed by atoms with E-state index in [9.17, 15) is 4.79 Å². The quantitative estimate of drug-likeness (QED) is 0.534. The van der Waals surface area contributed by atoms with Crippen LogP contribution in [0.2, 0.25) is 0 Å². The summed E-state index contributed by atoms with van der Waals surface area (Å²) >= 11 is 0. The van der Waals surface area contributed by atoms with E-state index < -0.39 is 0 Å². The summed E-state index contributed by atoms with van der Waals surface area (Å²) in [6.07, 6.45) is 0. The Morgan fingerprint density at radius 2 is 1.55 bits per heavy atom. The first-order chi connectivity index (χ1) is 14.2. The number of hydrogen-bond donors (Lipinski definition) is 2. The van der Waals surface area contributed by atoms with Gasteiger partial charge in [-0.15, -0.1) is 0 Å². The van der Waals surface area contributed by atoms with Gasteiger partial charge in [-0.25, -0.2) is 4.98 Å². The van der Waals surface area contributed by atoms with E-state index in [4.69, 9.17) is 9.72 Å². The van der Waals surface area contributed by atoms with Crippen LogP contribution in [0.1, 0.15) is 36.0 Å². The molecule has 3 aromatic carbocycles. The lowest BCUT2D eigenvalue weighted by Crippen LogP contribution is -2.86. The molecular weight excluding hydrogens is 362 g/mol. The van der Waals surface area contributed by atoms with E-state index in [0.717, 1.165) is 11.3 Å².